The number of fused-ring (bicyclic) bond motifs is 7. The fourth-order valence-electron chi connectivity index (χ4n) is 12.0. The number of ether oxygens (including phenoxy) is 1. The summed E-state index contributed by atoms with van der Waals surface area (Å²) in [6.45, 7) is 19.4. The zero-order chi connectivity index (χ0) is 31.8. The maximum atomic E-state index is 14.7. The summed E-state index contributed by atoms with van der Waals surface area (Å²) >= 11 is 0. The van der Waals surface area contributed by atoms with Crippen LogP contribution in [0.5, 0.6) is 0 Å². The molecule has 242 valence electrons. The molecule has 0 aliphatic heterocycles. The van der Waals surface area contributed by atoms with Gasteiger partial charge < -0.3 is 21.1 Å². The van der Waals surface area contributed by atoms with Gasteiger partial charge in [-0.1, -0.05) is 47.1 Å². The summed E-state index contributed by atoms with van der Waals surface area (Å²) in [5.41, 5.74) is 11.9. The molecule has 0 aromatic rings. The molecule has 5 aliphatic carbocycles. The molecule has 0 radical (unpaired) electrons. The maximum Gasteiger partial charge on any atom is 0.302 e. The zero-order valence-corrected chi connectivity index (χ0v) is 28.3. The number of rotatable bonds is 6. The Labute approximate surface area is 260 Å². The van der Waals surface area contributed by atoms with Crippen LogP contribution in [0.15, 0.2) is 11.6 Å². The average Bonchev–Trinajstić information content (AvgIpc) is 2.93. The van der Waals surface area contributed by atoms with Crippen LogP contribution in [0, 0.1) is 56.7 Å². The van der Waals surface area contributed by atoms with Crippen molar-refractivity contribution in [1.82, 2.24) is 4.90 Å². The van der Waals surface area contributed by atoms with Crippen LogP contribution in [0.25, 0.3) is 0 Å². The lowest BCUT2D eigenvalue weighted by Crippen LogP contribution is -2.69. The number of hydrogen-bond donors (Lipinski definition) is 2. The van der Waals surface area contributed by atoms with Crippen LogP contribution in [0.4, 0.5) is 0 Å². The van der Waals surface area contributed by atoms with Crippen LogP contribution in [-0.4, -0.2) is 54.8 Å². The van der Waals surface area contributed by atoms with Gasteiger partial charge in [0.2, 0.25) is 5.91 Å². The summed E-state index contributed by atoms with van der Waals surface area (Å²) in [6.07, 6.45) is 9.43. The van der Waals surface area contributed by atoms with Crippen molar-refractivity contribution >= 4 is 17.7 Å². The lowest BCUT2D eigenvalue weighted by Gasteiger charge is -2.70. The highest BCUT2D eigenvalue weighted by Crippen LogP contribution is 2.75. The monoisotopic (exact) mass is 597 g/mol. The molecular formula is C36H59N3O4. The SMILES string of the molecule is CC(=O)O[C@@H]1CC[C@@]2(C)C(CC[C@]3(C)C2C(=O)C=C2C4[C@@H](C)[C@H](C)CC[C@]4(C)CC[C@]23C)[C@@]1(C)C(=O)N(CCN)CCN. The third-order valence-electron chi connectivity index (χ3n) is 14.6. The van der Waals surface area contributed by atoms with Gasteiger partial charge in [0.05, 0.1) is 5.41 Å². The van der Waals surface area contributed by atoms with Crippen LogP contribution in [0.2, 0.25) is 0 Å². The topological polar surface area (TPSA) is 116 Å². The third kappa shape index (κ3) is 4.52. The second-order valence-electron chi connectivity index (χ2n) is 16.6. The van der Waals surface area contributed by atoms with Gasteiger partial charge in [0.25, 0.3) is 0 Å². The molecule has 0 saturated heterocycles. The number of esters is 1. The Morgan fingerprint density at radius 3 is 2.19 bits per heavy atom. The molecular weight excluding hydrogens is 538 g/mol. The van der Waals surface area contributed by atoms with Crippen molar-refractivity contribution < 1.29 is 19.1 Å². The van der Waals surface area contributed by atoms with Crippen LogP contribution < -0.4 is 11.5 Å². The lowest BCUT2D eigenvalue weighted by molar-refractivity contribution is -0.218. The van der Waals surface area contributed by atoms with E-state index in [9.17, 15) is 14.4 Å². The number of carbonyl (C=O) groups excluding carboxylic acids is 3. The first-order valence-corrected chi connectivity index (χ1v) is 17.2. The quantitative estimate of drug-likeness (QED) is 0.391. The van der Waals surface area contributed by atoms with E-state index < -0.39 is 16.9 Å². The predicted octanol–water partition coefficient (Wildman–Crippen LogP) is 5.50. The van der Waals surface area contributed by atoms with Gasteiger partial charge in [-0.2, -0.15) is 0 Å². The van der Waals surface area contributed by atoms with Crippen molar-refractivity contribution in [3.8, 4) is 0 Å². The molecule has 5 rings (SSSR count). The van der Waals surface area contributed by atoms with Gasteiger partial charge in [0, 0.05) is 39.0 Å². The molecule has 5 aliphatic rings. The number of nitrogens with zero attached hydrogens (tertiary/aromatic N) is 1. The predicted molar refractivity (Wildman–Crippen MR) is 170 cm³/mol. The minimum absolute atomic E-state index is 0.0432. The van der Waals surface area contributed by atoms with Crippen molar-refractivity contribution in [3.63, 3.8) is 0 Å². The molecule has 7 heteroatoms. The number of ketones is 1. The molecule has 1 amide bonds. The summed E-state index contributed by atoms with van der Waals surface area (Å²) in [5.74, 6) is 1.21. The highest BCUT2D eigenvalue weighted by Gasteiger charge is 2.72. The van der Waals surface area contributed by atoms with Crippen molar-refractivity contribution in [2.24, 2.45) is 68.1 Å². The van der Waals surface area contributed by atoms with Crippen molar-refractivity contribution in [3.05, 3.63) is 11.6 Å². The molecule has 3 unspecified atom stereocenters. The van der Waals surface area contributed by atoms with Gasteiger partial charge in [-0.25, -0.2) is 0 Å². The van der Waals surface area contributed by atoms with E-state index in [4.69, 9.17) is 16.2 Å². The smallest absolute Gasteiger partial charge is 0.302 e. The summed E-state index contributed by atoms with van der Waals surface area (Å²) in [7, 11) is 0. The van der Waals surface area contributed by atoms with E-state index in [1.165, 1.54) is 31.8 Å². The van der Waals surface area contributed by atoms with Crippen LogP contribution in [0.1, 0.15) is 107 Å². The molecule has 0 aromatic heterocycles. The average molecular weight is 598 g/mol. The lowest BCUT2D eigenvalue weighted by atomic mass is 9.33. The molecule has 4 saturated carbocycles. The molecule has 0 spiro atoms. The van der Waals surface area contributed by atoms with Gasteiger partial charge in [0.15, 0.2) is 5.78 Å². The number of carbonyl (C=O) groups is 3. The number of hydrogen-bond acceptors (Lipinski definition) is 6. The second kappa shape index (κ2) is 11.0. The first-order chi connectivity index (χ1) is 20.0. The van der Waals surface area contributed by atoms with Crippen LogP contribution >= 0.6 is 0 Å². The van der Waals surface area contributed by atoms with Crippen molar-refractivity contribution in [2.75, 3.05) is 26.2 Å². The Hall–Kier alpha value is -1.73. The molecule has 7 nitrogen and oxygen atoms in total. The van der Waals surface area contributed by atoms with E-state index in [0.29, 0.717) is 50.4 Å². The number of amides is 1. The van der Waals surface area contributed by atoms with E-state index in [0.717, 1.165) is 25.7 Å². The minimum atomic E-state index is -0.964. The Morgan fingerprint density at radius 2 is 1.58 bits per heavy atom. The molecule has 4 fully saturated rings. The molecule has 4 N–H and O–H groups in total. The summed E-state index contributed by atoms with van der Waals surface area (Å²) in [5, 5.41) is 0. The highest BCUT2D eigenvalue weighted by atomic mass is 16.5. The fraction of sp³-hybridized carbons (Fsp3) is 0.861. The summed E-state index contributed by atoms with van der Waals surface area (Å²) in [4.78, 5) is 43.5. The van der Waals surface area contributed by atoms with Crippen LogP contribution in [0.3, 0.4) is 0 Å². The van der Waals surface area contributed by atoms with E-state index in [1.54, 1.807) is 4.90 Å². The number of nitrogens with two attached hydrogens (primary N) is 2. The molecule has 0 heterocycles. The maximum absolute atomic E-state index is 14.7. The number of allylic oxidation sites excluding steroid dienone is 2. The molecule has 0 aromatic carbocycles. The van der Waals surface area contributed by atoms with E-state index >= 15 is 0 Å². The van der Waals surface area contributed by atoms with Crippen LogP contribution in [-0.2, 0) is 19.1 Å². The normalized spacial score (nSPS) is 47.3. The Bertz CT molecular complexity index is 1180. The summed E-state index contributed by atoms with van der Waals surface area (Å²) < 4.78 is 5.97. The Balaban J connectivity index is 1.61. The molecule has 11 atom stereocenters. The van der Waals surface area contributed by atoms with E-state index in [1.807, 2.05) is 6.92 Å². The van der Waals surface area contributed by atoms with Gasteiger partial charge in [-0.15, -0.1) is 0 Å². The standard InChI is InChI=1S/C36H59N3O4/c1-22-9-12-32(4)15-16-34(6)25(29(32)23(22)2)21-26(41)30-33(5)13-11-28(43-24(3)40)36(8,27(33)10-14-35(30,34)7)31(42)39(19-17-37)20-18-38/h21-23,27-30H,9-20,37-38H2,1-8H3/t22-,23+,27?,28-,29?,30?,32-,33+,34-,35-,36-/m1/s1. The van der Waals surface area contributed by atoms with Gasteiger partial charge in [-0.3, -0.25) is 14.4 Å². The highest BCUT2D eigenvalue weighted by molar-refractivity contribution is 5.96. The third-order valence-corrected chi connectivity index (χ3v) is 14.6. The first-order valence-electron chi connectivity index (χ1n) is 17.2. The van der Waals surface area contributed by atoms with E-state index in [-0.39, 0.29) is 45.7 Å². The summed E-state index contributed by atoms with van der Waals surface area (Å²) in [6, 6.07) is 0. The van der Waals surface area contributed by atoms with E-state index in [2.05, 4.69) is 47.6 Å². The fourth-order valence-corrected chi connectivity index (χ4v) is 12.0. The minimum Gasteiger partial charge on any atom is -0.461 e. The van der Waals surface area contributed by atoms with Gasteiger partial charge >= 0.3 is 5.97 Å². The second-order valence-corrected chi connectivity index (χ2v) is 16.6. The van der Waals surface area contributed by atoms with Gasteiger partial charge in [-0.05, 0) is 110 Å². The Morgan fingerprint density at radius 1 is 0.930 bits per heavy atom. The van der Waals surface area contributed by atoms with Crippen molar-refractivity contribution in [1.29, 1.82) is 0 Å². The van der Waals surface area contributed by atoms with Crippen molar-refractivity contribution in [2.45, 2.75) is 113 Å². The molecule has 0 bridgehead atoms. The Kier molecular flexibility index (Phi) is 8.32. The van der Waals surface area contributed by atoms with Gasteiger partial charge in [0.1, 0.15) is 6.10 Å². The molecule has 43 heavy (non-hydrogen) atoms. The first kappa shape index (κ1) is 32.7. The largest absolute Gasteiger partial charge is 0.461 e. The zero-order valence-electron chi connectivity index (χ0n) is 28.3.